The van der Waals surface area contributed by atoms with Crippen LogP contribution in [-0.4, -0.2) is 24.2 Å². The van der Waals surface area contributed by atoms with Gasteiger partial charge in [-0.25, -0.2) is 0 Å². The number of rotatable bonds is 6. The van der Waals surface area contributed by atoms with E-state index >= 15 is 0 Å². The molecule has 0 spiro atoms. The number of carbonyl (C=O) groups excluding carboxylic acids is 1. The number of hydrogen-bond acceptors (Lipinski definition) is 4. The van der Waals surface area contributed by atoms with Gasteiger partial charge in [0, 0.05) is 29.2 Å². The van der Waals surface area contributed by atoms with Crippen molar-refractivity contribution in [3.05, 3.63) is 53.6 Å². The van der Waals surface area contributed by atoms with Gasteiger partial charge in [0.15, 0.2) is 0 Å². The molecule has 2 aromatic carbocycles. The van der Waals surface area contributed by atoms with Crippen LogP contribution in [0.3, 0.4) is 0 Å². The van der Waals surface area contributed by atoms with Crippen molar-refractivity contribution in [1.82, 2.24) is 0 Å². The van der Waals surface area contributed by atoms with Gasteiger partial charge >= 0.3 is 0 Å². The Labute approximate surface area is 177 Å². The molecule has 1 fully saturated rings. The van der Waals surface area contributed by atoms with Crippen molar-refractivity contribution in [3.8, 4) is 11.5 Å². The van der Waals surface area contributed by atoms with Crippen molar-refractivity contribution in [2.75, 3.05) is 11.9 Å². The molecule has 1 amide bonds. The van der Waals surface area contributed by atoms with Crippen LogP contribution in [0.2, 0.25) is 5.02 Å². The Morgan fingerprint density at radius 2 is 1.89 bits per heavy atom. The molecule has 0 aliphatic heterocycles. The van der Waals surface area contributed by atoms with E-state index in [2.05, 4.69) is 5.32 Å². The number of nitrogens with one attached hydrogen (secondary N) is 1. The van der Waals surface area contributed by atoms with Gasteiger partial charge in [-0.1, -0.05) is 31.5 Å². The number of benzene rings is 2. The zero-order chi connectivity index (χ0) is 19.7. The number of anilines is 1. The molecule has 7 heteroatoms. The lowest BCUT2D eigenvalue weighted by Crippen LogP contribution is -2.74. The molecule has 0 saturated heterocycles. The third-order valence-corrected chi connectivity index (χ3v) is 5.61. The standard InChI is InChI=1S/C21H25ClN2O3.ClH/c1-4-26-18-13-21(23,20(18,2)3)19(25)24-15-8-10-16(11-9-15)27-17-7-5-6-14(22)12-17;/h5-12,18H,4,13,23H2,1-3H3,(H,24,25);1H. The predicted molar refractivity (Wildman–Crippen MR) is 115 cm³/mol. The van der Waals surface area contributed by atoms with Crippen LogP contribution >= 0.6 is 24.0 Å². The molecule has 152 valence electrons. The number of ether oxygens (including phenoxy) is 2. The zero-order valence-electron chi connectivity index (χ0n) is 16.2. The summed E-state index contributed by atoms with van der Waals surface area (Å²) >= 11 is 5.96. The Balaban J connectivity index is 0.00000280. The third kappa shape index (κ3) is 4.28. The lowest BCUT2D eigenvalue weighted by Gasteiger charge is -2.57. The molecule has 5 nitrogen and oxygen atoms in total. The van der Waals surface area contributed by atoms with E-state index in [-0.39, 0.29) is 24.4 Å². The summed E-state index contributed by atoms with van der Waals surface area (Å²) in [6.45, 7) is 6.50. The minimum atomic E-state index is -0.956. The fourth-order valence-electron chi connectivity index (χ4n) is 3.34. The summed E-state index contributed by atoms with van der Waals surface area (Å²) in [4.78, 5) is 12.8. The van der Waals surface area contributed by atoms with Gasteiger partial charge in [-0.3, -0.25) is 4.79 Å². The van der Waals surface area contributed by atoms with E-state index in [1.807, 2.05) is 32.9 Å². The second-order valence-corrected chi connectivity index (χ2v) is 7.82. The molecule has 2 aromatic rings. The molecule has 1 saturated carbocycles. The molecular weight excluding hydrogens is 399 g/mol. The molecule has 0 bridgehead atoms. The summed E-state index contributed by atoms with van der Waals surface area (Å²) < 4.78 is 11.4. The average molecular weight is 425 g/mol. The lowest BCUT2D eigenvalue weighted by atomic mass is 9.54. The van der Waals surface area contributed by atoms with Gasteiger partial charge in [0.2, 0.25) is 5.91 Å². The normalized spacial score (nSPS) is 22.5. The van der Waals surface area contributed by atoms with E-state index in [9.17, 15) is 4.79 Å². The molecule has 2 unspecified atom stereocenters. The van der Waals surface area contributed by atoms with Crippen molar-refractivity contribution < 1.29 is 14.3 Å². The fourth-order valence-corrected chi connectivity index (χ4v) is 3.52. The minimum Gasteiger partial charge on any atom is -0.457 e. The van der Waals surface area contributed by atoms with E-state index in [1.54, 1.807) is 36.4 Å². The van der Waals surface area contributed by atoms with Crippen LogP contribution in [-0.2, 0) is 9.53 Å². The molecule has 3 rings (SSSR count). The van der Waals surface area contributed by atoms with E-state index in [0.717, 1.165) is 0 Å². The number of hydrogen-bond donors (Lipinski definition) is 2. The monoisotopic (exact) mass is 424 g/mol. The van der Waals surface area contributed by atoms with Gasteiger partial charge in [-0.2, -0.15) is 0 Å². The number of carbonyl (C=O) groups is 1. The molecule has 0 aromatic heterocycles. The summed E-state index contributed by atoms with van der Waals surface area (Å²) in [5.41, 5.74) is 5.69. The van der Waals surface area contributed by atoms with Gasteiger partial charge in [0.25, 0.3) is 0 Å². The first-order valence-corrected chi connectivity index (χ1v) is 9.39. The van der Waals surface area contributed by atoms with Crippen LogP contribution in [0.5, 0.6) is 11.5 Å². The highest BCUT2D eigenvalue weighted by Crippen LogP contribution is 2.50. The van der Waals surface area contributed by atoms with E-state index in [1.165, 1.54) is 0 Å². The maximum Gasteiger partial charge on any atom is 0.245 e. The van der Waals surface area contributed by atoms with Crippen molar-refractivity contribution in [2.45, 2.75) is 38.8 Å². The van der Waals surface area contributed by atoms with Gasteiger partial charge in [-0.15, -0.1) is 12.4 Å². The van der Waals surface area contributed by atoms with E-state index < -0.39 is 11.0 Å². The Hall–Kier alpha value is -1.79. The number of amides is 1. The van der Waals surface area contributed by atoms with Gasteiger partial charge in [0.05, 0.1) is 6.10 Å². The molecule has 2 atom stereocenters. The number of nitrogens with two attached hydrogens (primary N) is 1. The summed E-state index contributed by atoms with van der Waals surface area (Å²) in [5, 5.41) is 3.52. The molecular formula is C21H26Cl2N2O3. The van der Waals surface area contributed by atoms with Gasteiger partial charge in [-0.05, 0) is 49.4 Å². The first kappa shape index (κ1) is 22.5. The first-order valence-electron chi connectivity index (χ1n) is 9.01. The summed E-state index contributed by atoms with van der Waals surface area (Å²) in [7, 11) is 0. The summed E-state index contributed by atoms with van der Waals surface area (Å²) in [6.07, 6.45) is 0.502. The van der Waals surface area contributed by atoms with E-state index in [0.29, 0.717) is 35.2 Å². The van der Waals surface area contributed by atoms with Crippen molar-refractivity contribution in [3.63, 3.8) is 0 Å². The third-order valence-electron chi connectivity index (χ3n) is 5.38. The quantitative estimate of drug-likeness (QED) is 0.681. The smallest absolute Gasteiger partial charge is 0.245 e. The molecule has 3 N–H and O–H groups in total. The van der Waals surface area contributed by atoms with Crippen molar-refractivity contribution >= 4 is 35.6 Å². The average Bonchev–Trinajstić information content (AvgIpc) is 2.63. The van der Waals surface area contributed by atoms with Crippen LogP contribution in [0.1, 0.15) is 27.2 Å². The second-order valence-electron chi connectivity index (χ2n) is 7.38. The molecule has 28 heavy (non-hydrogen) atoms. The van der Waals surface area contributed by atoms with Crippen LogP contribution in [0.15, 0.2) is 48.5 Å². The lowest BCUT2D eigenvalue weighted by molar-refractivity contribution is -0.166. The molecule has 1 aliphatic carbocycles. The summed E-state index contributed by atoms with van der Waals surface area (Å²) in [5.74, 6) is 1.10. The van der Waals surface area contributed by atoms with Crippen LogP contribution in [0.4, 0.5) is 5.69 Å². The number of halogens is 2. The molecule has 0 radical (unpaired) electrons. The second kappa shape index (κ2) is 8.70. The Kier molecular flexibility index (Phi) is 6.99. The maximum atomic E-state index is 12.8. The van der Waals surface area contributed by atoms with E-state index in [4.69, 9.17) is 26.8 Å². The highest BCUT2D eigenvalue weighted by atomic mass is 35.5. The van der Waals surface area contributed by atoms with Gasteiger partial charge < -0.3 is 20.5 Å². The SMILES string of the molecule is CCOC1CC(N)(C(=O)Nc2ccc(Oc3cccc(Cl)c3)cc2)C1(C)C.Cl. The van der Waals surface area contributed by atoms with Crippen LogP contribution in [0, 0.1) is 5.41 Å². The molecule has 1 aliphatic rings. The topological polar surface area (TPSA) is 73.6 Å². The fraction of sp³-hybridized carbons (Fsp3) is 0.381. The molecule has 0 heterocycles. The highest BCUT2D eigenvalue weighted by Gasteiger charge is 2.62. The Morgan fingerprint density at radius 1 is 1.21 bits per heavy atom. The minimum absolute atomic E-state index is 0. The van der Waals surface area contributed by atoms with Crippen LogP contribution in [0.25, 0.3) is 0 Å². The summed E-state index contributed by atoms with van der Waals surface area (Å²) in [6, 6.07) is 14.3. The van der Waals surface area contributed by atoms with Crippen molar-refractivity contribution in [2.24, 2.45) is 11.1 Å². The first-order chi connectivity index (χ1) is 12.8. The Morgan fingerprint density at radius 3 is 2.46 bits per heavy atom. The largest absolute Gasteiger partial charge is 0.457 e. The Bertz CT molecular complexity index is 827. The predicted octanol–water partition coefficient (Wildman–Crippen LogP) is 5.03. The zero-order valence-corrected chi connectivity index (χ0v) is 17.8. The van der Waals surface area contributed by atoms with Crippen LogP contribution < -0.4 is 15.8 Å². The maximum absolute atomic E-state index is 12.8. The van der Waals surface area contributed by atoms with Crippen molar-refractivity contribution in [1.29, 1.82) is 0 Å². The van der Waals surface area contributed by atoms with Gasteiger partial charge in [0.1, 0.15) is 17.0 Å². The highest BCUT2D eigenvalue weighted by molar-refractivity contribution is 6.30.